The topological polar surface area (TPSA) is 12.0 Å². The molecule has 0 saturated heterocycles. The summed E-state index contributed by atoms with van der Waals surface area (Å²) in [5, 5.41) is 0. The molecule has 0 radical (unpaired) electrons. The van der Waals surface area contributed by atoms with Gasteiger partial charge in [-0.15, -0.1) is 0 Å². The van der Waals surface area contributed by atoms with Crippen molar-refractivity contribution in [3.8, 4) is 0 Å². The molecule has 0 saturated carbocycles. The van der Waals surface area contributed by atoms with Crippen LogP contribution in [0.3, 0.4) is 0 Å². The molecule has 15 heavy (non-hydrogen) atoms. The predicted octanol–water partition coefficient (Wildman–Crippen LogP) is 4.49. The monoisotopic (exact) mass is 231 g/mol. The minimum atomic E-state index is 0.715. The summed E-state index contributed by atoms with van der Waals surface area (Å²) in [7, 11) is 0. The van der Waals surface area contributed by atoms with Crippen molar-refractivity contribution in [2.45, 2.75) is 65.8 Å². The highest BCUT2D eigenvalue weighted by molar-refractivity contribution is 7.96. The number of hydrogen-bond acceptors (Lipinski definition) is 2. The van der Waals surface area contributed by atoms with E-state index in [1.54, 1.807) is 11.9 Å². The Balaban J connectivity index is 3.72. The Morgan fingerprint density at radius 3 is 2.20 bits per heavy atom. The van der Waals surface area contributed by atoms with E-state index in [4.69, 9.17) is 0 Å². The molecule has 92 valence electrons. The molecule has 0 aromatic rings. The summed E-state index contributed by atoms with van der Waals surface area (Å²) in [5.41, 5.74) is 0. The van der Waals surface area contributed by atoms with Gasteiger partial charge in [0.2, 0.25) is 0 Å². The summed E-state index contributed by atoms with van der Waals surface area (Å²) in [6, 6.07) is 0.715. The van der Waals surface area contributed by atoms with Gasteiger partial charge in [-0.3, -0.25) is 4.72 Å². The Kier molecular flexibility index (Phi) is 9.73. The molecule has 1 N–H and O–H groups in total. The highest BCUT2D eigenvalue weighted by Crippen LogP contribution is 2.19. The van der Waals surface area contributed by atoms with Crippen LogP contribution in [0.1, 0.15) is 59.8 Å². The van der Waals surface area contributed by atoms with E-state index in [1.807, 2.05) is 0 Å². The maximum Gasteiger partial charge on any atom is 0.0174 e. The van der Waals surface area contributed by atoms with Crippen LogP contribution in [0.15, 0.2) is 0 Å². The first-order chi connectivity index (χ1) is 7.10. The summed E-state index contributed by atoms with van der Waals surface area (Å²) in [6.07, 6.45) is 8.82. The second-order valence-corrected chi connectivity index (χ2v) is 5.76. The molecule has 0 aliphatic heterocycles. The molecule has 0 amide bonds. The minimum Gasteiger partial charge on any atom is -0.261 e. The van der Waals surface area contributed by atoms with Crippen LogP contribution in [0.2, 0.25) is 0 Å². The van der Waals surface area contributed by atoms with Gasteiger partial charge in [-0.25, -0.2) is 0 Å². The van der Waals surface area contributed by atoms with Crippen molar-refractivity contribution < 1.29 is 0 Å². The van der Waals surface area contributed by atoms with Crippen molar-refractivity contribution in [1.82, 2.24) is 4.72 Å². The molecule has 0 fully saturated rings. The van der Waals surface area contributed by atoms with E-state index in [0.29, 0.717) is 6.04 Å². The summed E-state index contributed by atoms with van der Waals surface area (Å²) >= 11 is 1.77. The SMILES string of the molecule is CCCC(CC(C)CCC(C)C)NSC. The lowest BCUT2D eigenvalue weighted by molar-refractivity contribution is 0.377. The highest BCUT2D eigenvalue weighted by Gasteiger charge is 2.12. The molecule has 2 atom stereocenters. The first kappa shape index (κ1) is 15.3. The Morgan fingerprint density at radius 1 is 1.07 bits per heavy atom. The molecule has 1 nitrogen and oxygen atoms in total. The van der Waals surface area contributed by atoms with Crippen molar-refractivity contribution in [3.05, 3.63) is 0 Å². The van der Waals surface area contributed by atoms with Gasteiger partial charge in [0.25, 0.3) is 0 Å². The molecule has 0 rings (SSSR count). The third-order valence-corrected chi connectivity index (χ3v) is 3.41. The normalized spacial score (nSPS) is 15.6. The molecule has 0 bridgehead atoms. The van der Waals surface area contributed by atoms with Crippen LogP contribution >= 0.6 is 11.9 Å². The molecule has 2 heteroatoms. The second kappa shape index (κ2) is 9.53. The fourth-order valence-corrected chi connectivity index (χ4v) is 2.51. The minimum absolute atomic E-state index is 0.715. The molecule has 2 unspecified atom stereocenters. The largest absolute Gasteiger partial charge is 0.261 e. The predicted molar refractivity (Wildman–Crippen MR) is 73.2 cm³/mol. The van der Waals surface area contributed by atoms with Crippen molar-refractivity contribution in [2.75, 3.05) is 6.26 Å². The van der Waals surface area contributed by atoms with Gasteiger partial charge in [0.05, 0.1) is 0 Å². The lowest BCUT2D eigenvalue weighted by Gasteiger charge is -2.21. The van der Waals surface area contributed by atoms with E-state index in [9.17, 15) is 0 Å². The summed E-state index contributed by atoms with van der Waals surface area (Å²) in [5.74, 6) is 1.72. The molecule has 0 aliphatic rings. The average Bonchev–Trinajstić information content (AvgIpc) is 2.15. The van der Waals surface area contributed by atoms with Gasteiger partial charge in [0.15, 0.2) is 0 Å². The Morgan fingerprint density at radius 2 is 1.73 bits per heavy atom. The van der Waals surface area contributed by atoms with E-state index >= 15 is 0 Å². The van der Waals surface area contributed by atoms with Crippen molar-refractivity contribution in [3.63, 3.8) is 0 Å². The van der Waals surface area contributed by atoms with Crippen molar-refractivity contribution >= 4 is 11.9 Å². The third kappa shape index (κ3) is 9.25. The van der Waals surface area contributed by atoms with E-state index in [1.165, 1.54) is 32.1 Å². The van der Waals surface area contributed by atoms with Gasteiger partial charge in [-0.05, 0) is 30.9 Å². The molecule has 0 aliphatic carbocycles. The first-order valence-corrected chi connectivity index (χ1v) is 7.61. The lowest BCUT2D eigenvalue weighted by Crippen LogP contribution is -2.25. The maximum atomic E-state index is 3.52. The molecular formula is C13H29NS. The Labute approximate surface area is 101 Å². The standard InChI is InChI=1S/C13H29NS/c1-6-7-13(14-15-5)10-12(4)9-8-11(2)3/h11-14H,6-10H2,1-5H3. The van der Waals surface area contributed by atoms with Gasteiger partial charge < -0.3 is 0 Å². The molecular weight excluding hydrogens is 202 g/mol. The van der Waals surface area contributed by atoms with Crippen LogP contribution in [0.4, 0.5) is 0 Å². The van der Waals surface area contributed by atoms with Crippen molar-refractivity contribution in [1.29, 1.82) is 0 Å². The third-order valence-electron chi connectivity index (χ3n) is 2.85. The quantitative estimate of drug-likeness (QED) is 0.587. The van der Waals surface area contributed by atoms with Crippen LogP contribution in [0.25, 0.3) is 0 Å². The zero-order valence-corrected chi connectivity index (χ0v) is 12.0. The number of rotatable bonds is 9. The highest BCUT2D eigenvalue weighted by atomic mass is 32.2. The summed E-state index contributed by atoms with van der Waals surface area (Å²) < 4.78 is 3.52. The molecule has 0 aromatic carbocycles. The van der Waals surface area contributed by atoms with E-state index in [-0.39, 0.29) is 0 Å². The van der Waals surface area contributed by atoms with Gasteiger partial charge in [-0.1, -0.05) is 58.9 Å². The Bertz CT molecular complexity index is 130. The van der Waals surface area contributed by atoms with E-state index in [0.717, 1.165) is 11.8 Å². The van der Waals surface area contributed by atoms with Crippen molar-refractivity contribution in [2.24, 2.45) is 11.8 Å². The fourth-order valence-electron chi connectivity index (χ4n) is 1.96. The van der Waals surface area contributed by atoms with Crippen LogP contribution in [0.5, 0.6) is 0 Å². The van der Waals surface area contributed by atoms with Gasteiger partial charge >= 0.3 is 0 Å². The van der Waals surface area contributed by atoms with E-state index in [2.05, 4.69) is 38.7 Å². The second-order valence-electron chi connectivity index (χ2n) is 5.12. The molecule has 0 spiro atoms. The smallest absolute Gasteiger partial charge is 0.0174 e. The van der Waals surface area contributed by atoms with Crippen LogP contribution in [-0.4, -0.2) is 12.3 Å². The summed E-state index contributed by atoms with van der Waals surface area (Å²) in [6.45, 7) is 9.30. The van der Waals surface area contributed by atoms with Gasteiger partial charge in [-0.2, -0.15) is 0 Å². The zero-order valence-electron chi connectivity index (χ0n) is 11.2. The summed E-state index contributed by atoms with van der Waals surface area (Å²) in [4.78, 5) is 0. The zero-order chi connectivity index (χ0) is 11.7. The fraction of sp³-hybridized carbons (Fsp3) is 1.00. The average molecular weight is 231 g/mol. The van der Waals surface area contributed by atoms with Gasteiger partial charge in [0.1, 0.15) is 0 Å². The number of nitrogens with one attached hydrogen (secondary N) is 1. The molecule has 0 heterocycles. The first-order valence-electron chi connectivity index (χ1n) is 6.38. The maximum absolute atomic E-state index is 3.52. The van der Waals surface area contributed by atoms with Gasteiger partial charge in [0, 0.05) is 6.04 Å². The number of hydrogen-bond donors (Lipinski definition) is 1. The lowest BCUT2D eigenvalue weighted by atomic mass is 9.92. The van der Waals surface area contributed by atoms with Crippen LogP contribution in [-0.2, 0) is 0 Å². The Hall–Kier alpha value is 0.310. The van der Waals surface area contributed by atoms with Crippen LogP contribution < -0.4 is 4.72 Å². The van der Waals surface area contributed by atoms with E-state index < -0.39 is 0 Å². The molecule has 0 aromatic heterocycles. The van der Waals surface area contributed by atoms with Crippen LogP contribution in [0, 0.1) is 11.8 Å².